The number of para-hydroxylation sites is 1. The second-order valence-corrected chi connectivity index (χ2v) is 20.8. The van der Waals surface area contributed by atoms with Crippen LogP contribution < -0.4 is 11.4 Å². The number of ether oxygens (including phenoxy) is 1. The number of benzene rings is 1. The molecule has 3 heterocycles. The standard InChI is InChI=1S/C35H47N3O5Si/c1-23(39)42-28-15-14-26-32(28,5)18-17-27-33(6)19-16-25(43-44(7,8)31(2,3)4)22-34(33)20-21-35(26,27)38-30(41)36(29(40)37(34)38)24-12-10-9-11-13-24/h9-13,16,19-21,25-28H,14-15,17-18,22H2,1-8H3/t25-,26+,27+,28-,32-,33+,34+,35-/m0/s1. The van der Waals surface area contributed by atoms with Crippen molar-refractivity contribution >= 4 is 14.3 Å². The molecule has 2 fully saturated rings. The zero-order valence-corrected chi connectivity index (χ0v) is 28.4. The smallest absolute Gasteiger partial charge is 0.352 e. The van der Waals surface area contributed by atoms with E-state index in [4.69, 9.17) is 9.16 Å². The number of nitrogens with zero attached hydrogens (tertiary/aromatic N) is 3. The number of carbonyl (C=O) groups is 1. The molecule has 2 saturated carbocycles. The van der Waals surface area contributed by atoms with Gasteiger partial charge in [-0.05, 0) is 67.8 Å². The van der Waals surface area contributed by atoms with Crippen LogP contribution >= 0.6 is 0 Å². The van der Waals surface area contributed by atoms with Crippen LogP contribution in [0.3, 0.4) is 0 Å². The number of rotatable bonds is 4. The molecule has 1 aromatic heterocycles. The maximum absolute atomic E-state index is 14.8. The van der Waals surface area contributed by atoms with Crippen LogP contribution in [0.2, 0.25) is 18.1 Å². The number of carbonyl (C=O) groups excluding carboxylic acids is 1. The van der Waals surface area contributed by atoms with E-state index in [0.29, 0.717) is 12.1 Å². The Kier molecular flexibility index (Phi) is 6.15. The minimum Gasteiger partial charge on any atom is -0.462 e. The Morgan fingerprint density at radius 3 is 2.27 bits per heavy atom. The summed E-state index contributed by atoms with van der Waals surface area (Å²) in [7, 11) is -2.13. The van der Waals surface area contributed by atoms with Gasteiger partial charge in [0.15, 0.2) is 8.32 Å². The Morgan fingerprint density at radius 2 is 1.61 bits per heavy atom. The highest BCUT2D eigenvalue weighted by Gasteiger charge is 2.75. The molecule has 2 aromatic rings. The monoisotopic (exact) mass is 617 g/mol. The predicted octanol–water partition coefficient (Wildman–Crippen LogP) is 5.89. The molecule has 2 aliphatic heterocycles. The maximum atomic E-state index is 14.8. The average molecular weight is 618 g/mol. The lowest BCUT2D eigenvalue weighted by Crippen LogP contribution is -2.76. The topological polar surface area (TPSA) is 84.5 Å². The number of hydrogen-bond donors (Lipinski definition) is 0. The molecule has 1 aromatic carbocycles. The van der Waals surface area contributed by atoms with E-state index in [0.717, 1.165) is 25.7 Å². The first-order valence-corrected chi connectivity index (χ1v) is 19.2. The fourth-order valence-electron chi connectivity index (χ4n) is 9.93. The van der Waals surface area contributed by atoms with Gasteiger partial charge in [0, 0.05) is 24.2 Å². The van der Waals surface area contributed by atoms with Crippen molar-refractivity contribution in [1.82, 2.24) is 13.9 Å². The fraction of sp³-hybridized carbons (Fsp3) is 0.629. The first kappa shape index (κ1) is 29.8. The number of aromatic nitrogens is 3. The van der Waals surface area contributed by atoms with Gasteiger partial charge in [0.05, 0.1) is 22.9 Å². The van der Waals surface area contributed by atoms with Crippen molar-refractivity contribution in [2.45, 2.75) is 115 Å². The predicted molar refractivity (Wildman–Crippen MR) is 172 cm³/mol. The van der Waals surface area contributed by atoms with Gasteiger partial charge < -0.3 is 9.16 Å². The van der Waals surface area contributed by atoms with Crippen molar-refractivity contribution in [3.63, 3.8) is 0 Å². The Morgan fingerprint density at radius 1 is 0.932 bits per heavy atom. The van der Waals surface area contributed by atoms with Gasteiger partial charge >= 0.3 is 17.3 Å². The highest BCUT2D eigenvalue weighted by atomic mass is 28.4. The van der Waals surface area contributed by atoms with Crippen molar-refractivity contribution in [3.05, 3.63) is 75.6 Å². The normalized spacial score (nSPS) is 38.5. The van der Waals surface area contributed by atoms with Gasteiger partial charge in [-0.25, -0.2) is 23.5 Å². The lowest BCUT2D eigenvalue weighted by atomic mass is 9.42. The maximum Gasteiger partial charge on any atom is 0.352 e. The number of esters is 1. The molecule has 0 radical (unpaired) electrons. The van der Waals surface area contributed by atoms with Crippen LogP contribution in [0.1, 0.15) is 73.6 Å². The van der Waals surface area contributed by atoms with Gasteiger partial charge in [0.2, 0.25) is 0 Å². The molecule has 236 valence electrons. The third kappa shape index (κ3) is 3.51. The third-order valence-corrected chi connectivity index (χ3v) is 17.6. The van der Waals surface area contributed by atoms with E-state index in [-0.39, 0.29) is 51.8 Å². The van der Waals surface area contributed by atoms with E-state index in [1.807, 2.05) is 39.7 Å². The summed E-state index contributed by atoms with van der Waals surface area (Å²) in [5, 5.41) is 0.0355. The second-order valence-electron chi connectivity index (χ2n) is 16.1. The molecule has 2 spiro atoms. The molecule has 6 aliphatic rings. The summed E-state index contributed by atoms with van der Waals surface area (Å²) in [5.41, 5.74) is -2.26. The highest BCUT2D eigenvalue weighted by Crippen LogP contribution is 2.72. The third-order valence-electron chi connectivity index (χ3n) is 13.1. The van der Waals surface area contributed by atoms with E-state index >= 15 is 0 Å². The van der Waals surface area contributed by atoms with E-state index in [1.54, 1.807) is 0 Å². The number of fused-ring (bicyclic) bond motifs is 1. The minimum atomic E-state index is -2.13. The lowest BCUT2D eigenvalue weighted by molar-refractivity contribution is -0.180. The van der Waals surface area contributed by atoms with Crippen LogP contribution in [-0.2, 0) is 25.0 Å². The van der Waals surface area contributed by atoms with Crippen molar-refractivity contribution in [2.75, 3.05) is 0 Å². The molecule has 0 unspecified atom stereocenters. The van der Waals surface area contributed by atoms with Crippen molar-refractivity contribution < 1.29 is 14.0 Å². The van der Waals surface area contributed by atoms with Gasteiger partial charge in [-0.15, -0.1) is 0 Å². The van der Waals surface area contributed by atoms with Crippen LogP contribution in [0.25, 0.3) is 5.69 Å². The van der Waals surface area contributed by atoms with Gasteiger partial charge in [-0.2, -0.15) is 0 Å². The summed E-state index contributed by atoms with van der Waals surface area (Å²) >= 11 is 0. The molecule has 9 heteroatoms. The molecule has 8 rings (SSSR count). The molecule has 8 nitrogen and oxygen atoms in total. The van der Waals surface area contributed by atoms with Crippen LogP contribution in [0.5, 0.6) is 0 Å². The van der Waals surface area contributed by atoms with Crippen LogP contribution in [0.15, 0.2) is 64.2 Å². The Hall–Kier alpha value is -2.91. The lowest BCUT2D eigenvalue weighted by Gasteiger charge is -2.70. The Balaban J connectivity index is 1.48. The zero-order valence-electron chi connectivity index (χ0n) is 27.4. The Labute approximate surface area is 260 Å². The van der Waals surface area contributed by atoms with Crippen LogP contribution in [0.4, 0.5) is 0 Å². The summed E-state index contributed by atoms with van der Waals surface area (Å²) in [4.78, 5) is 41.7. The number of allylic oxidation sites excluding steroid dienone is 3. The van der Waals surface area contributed by atoms with E-state index in [9.17, 15) is 14.4 Å². The van der Waals surface area contributed by atoms with Gasteiger partial charge in [-0.3, -0.25) is 4.79 Å². The first-order valence-electron chi connectivity index (χ1n) is 16.3. The molecule has 0 amide bonds. The SMILES string of the molecule is CC(=O)O[C@H]1CC[C@@H]2[C@]1(C)CC[C@H]1[C@]23C=C[C@]2(C[C@@H](O[Si](C)(C)C(C)(C)C)C=C[C@]12C)n1c(=O)n(-c2ccccc2)c(=O)n13. The molecule has 44 heavy (non-hydrogen) atoms. The number of hydrogen-bond acceptors (Lipinski definition) is 5. The highest BCUT2D eigenvalue weighted by molar-refractivity contribution is 6.74. The van der Waals surface area contributed by atoms with Crippen molar-refractivity contribution in [1.29, 1.82) is 0 Å². The Bertz CT molecular complexity index is 1710. The minimum absolute atomic E-state index is 0.0223. The molecular weight excluding hydrogens is 570 g/mol. The van der Waals surface area contributed by atoms with Gasteiger partial charge in [0.25, 0.3) is 0 Å². The van der Waals surface area contributed by atoms with Crippen molar-refractivity contribution in [3.8, 4) is 5.69 Å². The summed E-state index contributed by atoms with van der Waals surface area (Å²) in [6.45, 7) is 17.3. The van der Waals surface area contributed by atoms with Gasteiger partial charge in [-0.1, -0.05) is 77.1 Å². The zero-order chi connectivity index (χ0) is 31.7. The second kappa shape index (κ2) is 9.09. The first-order chi connectivity index (χ1) is 20.5. The molecule has 0 saturated heterocycles. The molecule has 8 atom stereocenters. The summed E-state index contributed by atoms with van der Waals surface area (Å²) in [5.74, 6) is -0.158. The van der Waals surface area contributed by atoms with E-state index < -0.39 is 24.8 Å². The van der Waals surface area contributed by atoms with Crippen molar-refractivity contribution in [2.24, 2.45) is 22.7 Å². The molecule has 2 bridgehead atoms. The van der Waals surface area contributed by atoms with E-state index in [1.165, 1.54) is 11.5 Å². The summed E-state index contributed by atoms with van der Waals surface area (Å²) in [6, 6.07) is 9.29. The molecular formula is C35H47N3O5Si. The largest absolute Gasteiger partial charge is 0.462 e. The van der Waals surface area contributed by atoms with Crippen LogP contribution in [-0.4, -0.2) is 40.4 Å². The van der Waals surface area contributed by atoms with E-state index in [2.05, 4.69) is 72.0 Å². The summed E-state index contributed by atoms with van der Waals surface area (Å²) < 4.78 is 18.0. The summed E-state index contributed by atoms with van der Waals surface area (Å²) in [6.07, 6.45) is 12.7. The van der Waals surface area contributed by atoms with Gasteiger partial charge in [0.1, 0.15) is 6.10 Å². The average Bonchev–Trinajstić information content (AvgIpc) is 3.42. The molecule has 4 aliphatic carbocycles. The fourth-order valence-corrected chi connectivity index (χ4v) is 11.2. The molecule has 0 N–H and O–H groups in total. The quantitative estimate of drug-likeness (QED) is 0.243. The van der Waals surface area contributed by atoms with Crippen LogP contribution in [0, 0.1) is 22.7 Å².